The SMILES string of the molecule is Cc1ccc(-c2noc(C3CNC3)n2)cc1NCc1cnc2cc(C(F)(F)F)ccn12. The van der Waals surface area contributed by atoms with Crippen LogP contribution in [0.1, 0.15) is 28.6 Å². The lowest BCUT2D eigenvalue weighted by Crippen LogP contribution is -2.40. The van der Waals surface area contributed by atoms with Gasteiger partial charge in [0.15, 0.2) is 0 Å². The number of rotatable bonds is 5. The van der Waals surface area contributed by atoms with E-state index in [9.17, 15) is 13.2 Å². The van der Waals surface area contributed by atoms with Gasteiger partial charge in [0.2, 0.25) is 11.7 Å². The zero-order valence-electron chi connectivity index (χ0n) is 16.6. The van der Waals surface area contributed by atoms with Gasteiger partial charge >= 0.3 is 6.18 Å². The number of hydrogen-bond acceptors (Lipinski definition) is 6. The highest BCUT2D eigenvalue weighted by Gasteiger charge is 2.31. The highest BCUT2D eigenvalue weighted by molar-refractivity contribution is 5.65. The average Bonchev–Trinajstić information content (AvgIpc) is 3.32. The van der Waals surface area contributed by atoms with Gasteiger partial charge in [-0.15, -0.1) is 0 Å². The summed E-state index contributed by atoms with van der Waals surface area (Å²) in [5, 5.41) is 10.6. The molecule has 1 saturated heterocycles. The molecule has 31 heavy (non-hydrogen) atoms. The molecule has 1 aliphatic rings. The van der Waals surface area contributed by atoms with Gasteiger partial charge in [-0.25, -0.2) is 4.98 Å². The van der Waals surface area contributed by atoms with E-state index < -0.39 is 11.7 Å². The van der Waals surface area contributed by atoms with Crippen LogP contribution >= 0.6 is 0 Å². The minimum absolute atomic E-state index is 0.252. The molecule has 160 valence electrons. The number of aryl methyl sites for hydroxylation is 1. The highest BCUT2D eigenvalue weighted by Crippen LogP contribution is 2.30. The fourth-order valence-electron chi connectivity index (χ4n) is 3.46. The molecular weight excluding hydrogens is 409 g/mol. The van der Waals surface area contributed by atoms with Crippen molar-refractivity contribution < 1.29 is 17.7 Å². The second kappa shape index (κ2) is 7.38. The molecule has 0 amide bonds. The molecular formula is C21H19F3N6O. The van der Waals surface area contributed by atoms with Crippen LogP contribution < -0.4 is 10.6 Å². The maximum absolute atomic E-state index is 12.9. The van der Waals surface area contributed by atoms with E-state index >= 15 is 0 Å². The van der Waals surface area contributed by atoms with Crippen LogP contribution in [0.25, 0.3) is 17.0 Å². The van der Waals surface area contributed by atoms with Crippen molar-refractivity contribution in [3.63, 3.8) is 0 Å². The third-order valence-electron chi connectivity index (χ3n) is 5.45. The number of nitrogens with zero attached hydrogens (tertiary/aromatic N) is 4. The first-order valence-corrected chi connectivity index (χ1v) is 9.81. The lowest BCUT2D eigenvalue weighted by molar-refractivity contribution is -0.137. The standard InChI is InChI=1S/C21H19F3N6O/c1-12-2-3-13(19-28-20(31-29-19)14-8-25-9-14)6-17(12)26-10-16-11-27-18-7-15(21(22,23)24)4-5-30(16)18/h2-7,11,14,25-26H,8-10H2,1H3. The molecule has 1 aromatic carbocycles. The Morgan fingerprint density at radius 2 is 2.06 bits per heavy atom. The molecule has 7 nitrogen and oxygen atoms in total. The Kier molecular flexibility index (Phi) is 4.66. The van der Waals surface area contributed by atoms with Crippen LogP contribution in [0.2, 0.25) is 0 Å². The number of imidazole rings is 1. The maximum Gasteiger partial charge on any atom is 0.416 e. The molecule has 2 N–H and O–H groups in total. The van der Waals surface area contributed by atoms with E-state index in [0.29, 0.717) is 18.3 Å². The fraction of sp³-hybridized carbons (Fsp3) is 0.286. The highest BCUT2D eigenvalue weighted by atomic mass is 19.4. The van der Waals surface area contributed by atoms with Crippen LogP contribution in [-0.4, -0.2) is 32.6 Å². The summed E-state index contributed by atoms with van der Waals surface area (Å²) < 4.78 is 45.8. The van der Waals surface area contributed by atoms with Crippen LogP contribution in [0.4, 0.5) is 18.9 Å². The lowest BCUT2D eigenvalue weighted by Gasteiger charge is -2.22. The van der Waals surface area contributed by atoms with Crippen LogP contribution in [0.3, 0.4) is 0 Å². The smallest absolute Gasteiger partial charge is 0.379 e. The number of hydrogen-bond donors (Lipinski definition) is 2. The molecule has 10 heteroatoms. The van der Waals surface area contributed by atoms with Crippen molar-refractivity contribution in [2.45, 2.75) is 25.6 Å². The zero-order chi connectivity index (χ0) is 21.6. The van der Waals surface area contributed by atoms with Gasteiger partial charge in [0.05, 0.1) is 29.9 Å². The molecule has 5 rings (SSSR count). The number of nitrogens with one attached hydrogen (secondary N) is 2. The summed E-state index contributed by atoms with van der Waals surface area (Å²) in [6.07, 6.45) is -1.44. The van der Waals surface area contributed by atoms with E-state index in [2.05, 4.69) is 25.8 Å². The number of benzene rings is 1. The fourth-order valence-corrected chi connectivity index (χ4v) is 3.46. The number of anilines is 1. The third-order valence-corrected chi connectivity index (χ3v) is 5.45. The van der Waals surface area contributed by atoms with Gasteiger partial charge in [0, 0.05) is 30.5 Å². The van der Waals surface area contributed by atoms with E-state index in [4.69, 9.17) is 4.52 Å². The van der Waals surface area contributed by atoms with E-state index in [1.54, 1.807) is 10.6 Å². The topological polar surface area (TPSA) is 80.3 Å². The first-order valence-electron chi connectivity index (χ1n) is 9.81. The Morgan fingerprint density at radius 3 is 2.81 bits per heavy atom. The monoisotopic (exact) mass is 428 g/mol. The van der Waals surface area contributed by atoms with Crippen molar-refractivity contribution in [2.75, 3.05) is 18.4 Å². The van der Waals surface area contributed by atoms with Crippen molar-refractivity contribution in [2.24, 2.45) is 0 Å². The van der Waals surface area contributed by atoms with Gasteiger partial charge < -0.3 is 19.6 Å². The first-order chi connectivity index (χ1) is 14.9. The Labute approximate surface area is 175 Å². The first kappa shape index (κ1) is 19.6. The zero-order valence-corrected chi connectivity index (χ0v) is 16.6. The number of aromatic nitrogens is 4. The van der Waals surface area contributed by atoms with Crippen molar-refractivity contribution >= 4 is 11.3 Å². The van der Waals surface area contributed by atoms with Gasteiger partial charge in [-0.3, -0.25) is 0 Å². The number of alkyl halides is 3. The van der Waals surface area contributed by atoms with E-state index in [1.165, 1.54) is 6.20 Å². The molecule has 3 aromatic heterocycles. The van der Waals surface area contributed by atoms with E-state index in [-0.39, 0.29) is 11.6 Å². The second-order valence-corrected chi connectivity index (χ2v) is 7.59. The van der Waals surface area contributed by atoms with E-state index in [1.807, 2.05) is 25.1 Å². The Balaban J connectivity index is 1.35. The molecule has 1 fully saturated rings. The van der Waals surface area contributed by atoms with Gasteiger partial charge in [0.25, 0.3) is 0 Å². The molecule has 0 radical (unpaired) electrons. The van der Waals surface area contributed by atoms with Crippen molar-refractivity contribution in [3.05, 3.63) is 65.4 Å². The molecule has 0 bridgehead atoms. The molecule has 0 aliphatic carbocycles. The molecule has 4 heterocycles. The maximum atomic E-state index is 12.9. The Morgan fingerprint density at radius 1 is 1.23 bits per heavy atom. The predicted molar refractivity (Wildman–Crippen MR) is 108 cm³/mol. The van der Waals surface area contributed by atoms with Gasteiger partial charge in [-0.1, -0.05) is 17.3 Å². The number of fused-ring (bicyclic) bond motifs is 1. The van der Waals surface area contributed by atoms with Crippen molar-refractivity contribution in [3.8, 4) is 11.4 Å². The summed E-state index contributed by atoms with van der Waals surface area (Å²) >= 11 is 0. The van der Waals surface area contributed by atoms with Gasteiger partial charge in [-0.05, 0) is 30.7 Å². The van der Waals surface area contributed by atoms with Crippen LogP contribution in [0.15, 0.2) is 47.2 Å². The van der Waals surface area contributed by atoms with Crippen molar-refractivity contribution in [1.29, 1.82) is 0 Å². The summed E-state index contributed by atoms with van der Waals surface area (Å²) in [6, 6.07) is 7.92. The number of halogens is 3. The Bertz CT molecular complexity index is 1240. The summed E-state index contributed by atoms with van der Waals surface area (Å²) in [5.74, 6) is 1.42. The Hall–Kier alpha value is -3.40. The van der Waals surface area contributed by atoms with Crippen LogP contribution in [0.5, 0.6) is 0 Å². The number of pyridine rings is 1. The molecule has 0 unspecified atom stereocenters. The molecule has 0 spiro atoms. The van der Waals surface area contributed by atoms with E-state index in [0.717, 1.165) is 47.7 Å². The minimum Gasteiger partial charge on any atom is -0.379 e. The summed E-state index contributed by atoms with van der Waals surface area (Å²) in [6.45, 7) is 4.04. The minimum atomic E-state index is -4.40. The normalized spacial score (nSPS) is 14.7. The molecule has 0 saturated carbocycles. The van der Waals surface area contributed by atoms with Gasteiger partial charge in [0.1, 0.15) is 5.65 Å². The summed E-state index contributed by atoms with van der Waals surface area (Å²) in [5.41, 5.74) is 2.99. The van der Waals surface area contributed by atoms with Gasteiger partial charge in [-0.2, -0.15) is 18.2 Å². The molecule has 1 aliphatic heterocycles. The van der Waals surface area contributed by atoms with Crippen molar-refractivity contribution in [1.82, 2.24) is 24.8 Å². The second-order valence-electron chi connectivity index (χ2n) is 7.59. The predicted octanol–water partition coefficient (Wildman–Crippen LogP) is 4.01. The summed E-state index contributed by atoms with van der Waals surface area (Å²) in [4.78, 5) is 8.61. The molecule has 0 atom stereocenters. The third kappa shape index (κ3) is 3.74. The quantitative estimate of drug-likeness (QED) is 0.500. The lowest BCUT2D eigenvalue weighted by atomic mass is 10.0. The average molecular weight is 428 g/mol. The van der Waals surface area contributed by atoms with Crippen LogP contribution in [0, 0.1) is 6.92 Å². The largest absolute Gasteiger partial charge is 0.416 e. The van der Waals surface area contributed by atoms with Crippen LogP contribution in [-0.2, 0) is 12.7 Å². The molecule has 4 aromatic rings. The summed E-state index contributed by atoms with van der Waals surface area (Å²) in [7, 11) is 0.